The Balaban J connectivity index is 0. The maximum Gasteiger partial charge on any atom is 0 e. The molecule has 0 amide bonds. The first-order chi connectivity index (χ1) is 2.45. The van der Waals surface area contributed by atoms with E-state index in [4.69, 9.17) is 36.5 Å². The molecule has 0 aliphatic heterocycles. The average Bonchev–Trinajstić information content (AvgIpc) is 0.592. The van der Waals surface area contributed by atoms with Crippen molar-refractivity contribution in [2.24, 2.45) is 17.5 Å². The van der Waals surface area contributed by atoms with Crippen molar-refractivity contribution in [3.63, 3.8) is 0 Å². The SMILES string of the molecule is [NH2][Pd]([NH2])([NH2])([NH2])([Cl])[Cl].[Pd]. The minimum Gasteiger partial charge on any atom is 0 e. The van der Waals surface area contributed by atoms with Gasteiger partial charge in [0, 0.05) is 20.4 Å². The van der Waals surface area contributed by atoms with Gasteiger partial charge in [0.1, 0.15) is 0 Å². The van der Waals surface area contributed by atoms with Crippen LogP contribution in [-0.2, 0) is 32.5 Å². The molecule has 0 radical (unpaired) electrons. The second kappa shape index (κ2) is 1.87. The van der Waals surface area contributed by atoms with Crippen molar-refractivity contribution in [3.05, 3.63) is 0 Å². The Hall–Kier alpha value is 1.74. The average molecular weight is 348 g/mol. The number of hydrogen-bond donors (Lipinski definition) is 4. The van der Waals surface area contributed by atoms with Crippen molar-refractivity contribution >= 4 is 19.1 Å². The molecule has 0 bridgehead atoms. The summed E-state index contributed by atoms with van der Waals surface area (Å²) in [4.78, 5) is 0. The van der Waals surface area contributed by atoms with Gasteiger partial charge in [0.15, 0.2) is 0 Å². The van der Waals surface area contributed by atoms with E-state index in [9.17, 15) is 0 Å². The van der Waals surface area contributed by atoms with Gasteiger partial charge < -0.3 is 0 Å². The van der Waals surface area contributed by atoms with Gasteiger partial charge in [-0.15, -0.1) is 0 Å². The molecule has 0 aliphatic rings. The van der Waals surface area contributed by atoms with Crippen molar-refractivity contribution in [1.82, 2.24) is 0 Å². The van der Waals surface area contributed by atoms with E-state index in [1.807, 2.05) is 0 Å². The van der Waals surface area contributed by atoms with Crippen LogP contribution in [0.2, 0.25) is 0 Å². The molecule has 0 aromatic rings. The normalized spacial score (nSPS) is 20.2. The van der Waals surface area contributed by atoms with Crippen LogP contribution in [0.25, 0.3) is 0 Å². The number of halogens is 2. The fourth-order valence-electron chi connectivity index (χ4n) is 0. The van der Waals surface area contributed by atoms with E-state index in [0.29, 0.717) is 0 Å². The zero-order valence-corrected chi connectivity index (χ0v) is 8.32. The van der Waals surface area contributed by atoms with Gasteiger partial charge in [-0.3, -0.25) is 0 Å². The van der Waals surface area contributed by atoms with Crippen molar-refractivity contribution in [1.29, 1.82) is 0 Å². The first kappa shape index (κ1) is 12.4. The molecule has 8 N–H and O–H groups in total. The van der Waals surface area contributed by atoms with Crippen molar-refractivity contribution < 1.29 is 32.5 Å². The van der Waals surface area contributed by atoms with E-state index in [0.717, 1.165) is 0 Å². The molecule has 8 heteroatoms. The summed E-state index contributed by atoms with van der Waals surface area (Å²) < 4.78 is 19.5. The Morgan fingerprint density at radius 3 is 0.875 bits per heavy atom. The quantitative estimate of drug-likeness (QED) is 0.422. The van der Waals surface area contributed by atoms with Crippen LogP contribution in [0, 0.1) is 0 Å². The van der Waals surface area contributed by atoms with Crippen molar-refractivity contribution in [3.8, 4) is 0 Å². The topological polar surface area (TPSA) is 104 Å². The molecular formula is H8Cl2N4Pd2. The second-order valence-corrected chi connectivity index (χ2v) is 15.9. The fraction of sp³-hybridized carbons (Fsp3) is 0. The minimum atomic E-state index is -4.97. The second-order valence-electron chi connectivity index (χ2n) is 1.23. The maximum atomic E-state index is 5.08. The summed E-state index contributed by atoms with van der Waals surface area (Å²) in [6.45, 7) is 0. The van der Waals surface area contributed by atoms with Crippen LogP contribution < -0.4 is 17.5 Å². The van der Waals surface area contributed by atoms with Gasteiger partial charge in [0.05, 0.1) is 0 Å². The third-order valence-electron chi connectivity index (χ3n) is 0. The molecule has 0 aromatic heterocycles. The fourth-order valence-corrected chi connectivity index (χ4v) is 0. The van der Waals surface area contributed by atoms with E-state index in [1.165, 1.54) is 0 Å². The molecule has 0 rings (SSSR count). The molecule has 0 saturated carbocycles. The zero-order chi connectivity index (χ0) is 6.41. The largest absolute Gasteiger partial charge is 0 e. The first-order valence-electron chi connectivity index (χ1n) is 0.969. The summed E-state index contributed by atoms with van der Waals surface area (Å²) >= 11 is -4.97. The van der Waals surface area contributed by atoms with Gasteiger partial charge in [-0.05, 0) is 0 Å². The molecule has 4 nitrogen and oxygen atoms in total. The Labute approximate surface area is 68.5 Å². The van der Waals surface area contributed by atoms with Crippen LogP contribution in [0.4, 0.5) is 0 Å². The zero-order valence-electron chi connectivity index (χ0n) is 3.70. The molecule has 0 saturated heterocycles. The maximum absolute atomic E-state index is 5.08. The Morgan fingerprint density at radius 2 is 0.875 bits per heavy atom. The summed E-state index contributed by atoms with van der Waals surface area (Å²) in [7, 11) is 10.2. The summed E-state index contributed by atoms with van der Waals surface area (Å²) in [6.07, 6.45) is 0. The predicted octanol–water partition coefficient (Wildman–Crippen LogP) is -0.988. The van der Waals surface area contributed by atoms with Gasteiger partial charge >= 0.3 is 48.6 Å². The van der Waals surface area contributed by atoms with Crippen LogP contribution in [-0.4, -0.2) is 0 Å². The van der Waals surface area contributed by atoms with Crippen LogP contribution in [0.5, 0.6) is 0 Å². The molecule has 0 spiro atoms. The minimum absolute atomic E-state index is 0. The third kappa shape index (κ3) is 116. The van der Waals surface area contributed by atoms with Gasteiger partial charge in [-0.2, -0.15) is 0 Å². The smallest absolute Gasteiger partial charge is 0 e. The third-order valence-corrected chi connectivity index (χ3v) is 0. The van der Waals surface area contributed by atoms with Gasteiger partial charge in [0.25, 0.3) is 0 Å². The molecule has 0 fully saturated rings. The molecule has 8 heavy (non-hydrogen) atoms. The summed E-state index contributed by atoms with van der Waals surface area (Å²) in [6, 6.07) is 0. The molecule has 0 aliphatic carbocycles. The van der Waals surface area contributed by atoms with E-state index in [2.05, 4.69) is 0 Å². The molecular weight excluding hydrogens is 340 g/mol. The standard InChI is InChI=1S/2ClH.4H2N.2Pd/h2*1H;4*1H2;;/q;;4*-1;;+6/p-2. The van der Waals surface area contributed by atoms with Crippen LogP contribution in [0.15, 0.2) is 0 Å². The number of hydrogen-bond acceptors (Lipinski definition) is 4. The first-order valence-corrected chi connectivity index (χ1v) is 8.56. The van der Waals surface area contributed by atoms with E-state index < -0.39 is 12.0 Å². The monoisotopic (exact) mass is 346 g/mol. The molecule has 0 aromatic carbocycles. The van der Waals surface area contributed by atoms with Crippen LogP contribution in [0.1, 0.15) is 0 Å². The summed E-state index contributed by atoms with van der Waals surface area (Å²) in [5.41, 5.74) is 0. The molecule has 0 heterocycles. The van der Waals surface area contributed by atoms with E-state index >= 15 is 0 Å². The van der Waals surface area contributed by atoms with E-state index in [1.54, 1.807) is 0 Å². The van der Waals surface area contributed by atoms with Gasteiger partial charge in [-0.1, -0.05) is 0 Å². The van der Waals surface area contributed by atoms with Crippen molar-refractivity contribution in [2.45, 2.75) is 0 Å². The Kier molecular flexibility index (Phi) is 2.91. The summed E-state index contributed by atoms with van der Waals surface area (Å²) in [5.74, 6) is 0. The molecule has 0 atom stereocenters. The Morgan fingerprint density at radius 1 is 0.875 bits per heavy atom. The summed E-state index contributed by atoms with van der Waals surface area (Å²) in [5, 5.41) is 0. The molecule has 62 valence electrons. The van der Waals surface area contributed by atoms with Crippen LogP contribution in [0.3, 0.4) is 0 Å². The number of nitrogens with two attached hydrogens (primary N) is 4. The predicted molar refractivity (Wildman–Crippen MR) is 28.5 cm³/mol. The molecule has 0 unspecified atom stereocenters. The van der Waals surface area contributed by atoms with Gasteiger partial charge in [-0.25, -0.2) is 0 Å². The van der Waals surface area contributed by atoms with Gasteiger partial charge in [0.2, 0.25) is 0 Å². The van der Waals surface area contributed by atoms with Crippen LogP contribution >= 0.6 is 19.1 Å². The van der Waals surface area contributed by atoms with Crippen molar-refractivity contribution in [2.75, 3.05) is 0 Å². The van der Waals surface area contributed by atoms with E-state index in [-0.39, 0.29) is 20.4 Å². The Bertz CT molecular complexity index is 70.6. The number of rotatable bonds is 0.